The Labute approximate surface area is 93.0 Å². The van der Waals surface area contributed by atoms with Gasteiger partial charge in [-0.25, -0.2) is 4.79 Å². The Hall–Kier alpha value is -1.66. The van der Waals surface area contributed by atoms with Crippen LogP contribution in [0.3, 0.4) is 0 Å². The highest BCUT2D eigenvalue weighted by atomic mass is 19.4. The smallest absolute Gasteiger partial charge is 0.416 e. The van der Waals surface area contributed by atoms with Crippen LogP contribution in [0.5, 0.6) is 0 Å². The first-order chi connectivity index (χ1) is 7.69. The Bertz CT molecular complexity index is 408. The van der Waals surface area contributed by atoms with Crippen LogP contribution in [0.25, 0.3) is 0 Å². The lowest BCUT2D eigenvalue weighted by molar-refractivity contribution is -0.170. The fraction of sp³-hybridized carbons (Fsp3) is 0.300. The molecule has 17 heavy (non-hydrogen) atoms. The monoisotopic (exact) mass is 254 g/mol. The molecule has 0 fully saturated rings. The summed E-state index contributed by atoms with van der Waals surface area (Å²) in [4.78, 5) is 10.7. The summed E-state index contributed by atoms with van der Waals surface area (Å²) in [7, 11) is 0.764. The van der Waals surface area contributed by atoms with E-state index in [1.54, 1.807) is 0 Å². The number of methoxy groups -OCH3 is 1. The van der Waals surface area contributed by atoms with Gasteiger partial charge in [-0.3, -0.25) is 0 Å². The first-order valence-electron chi connectivity index (χ1n) is 4.33. The molecule has 1 aromatic rings. The quantitative estimate of drug-likeness (QED) is 0.599. The van der Waals surface area contributed by atoms with E-state index in [1.165, 1.54) is 0 Å². The van der Waals surface area contributed by atoms with Gasteiger partial charge in [-0.2, -0.15) is 22.0 Å². The zero-order valence-electron chi connectivity index (χ0n) is 8.52. The van der Waals surface area contributed by atoms with E-state index in [2.05, 4.69) is 4.74 Å². The molecule has 1 rings (SSSR count). The standard InChI is InChI=1S/C10H7F5O2/c1-17-8(16)9(11,12)6-2-4-7(5-3-6)10(13,14)15/h2-5H,1H3. The third-order valence-corrected chi connectivity index (χ3v) is 2.02. The minimum atomic E-state index is -4.61. The Kier molecular flexibility index (Phi) is 3.40. The lowest BCUT2D eigenvalue weighted by Crippen LogP contribution is -2.27. The SMILES string of the molecule is COC(=O)C(F)(F)c1ccc(C(F)(F)F)cc1. The van der Waals surface area contributed by atoms with Crippen molar-refractivity contribution in [1.29, 1.82) is 0 Å². The fourth-order valence-corrected chi connectivity index (χ4v) is 1.11. The number of esters is 1. The summed E-state index contributed by atoms with van der Waals surface area (Å²) < 4.78 is 66.8. The number of benzene rings is 1. The van der Waals surface area contributed by atoms with Crippen LogP contribution in [0.2, 0.25) is 0 Å². The minimum Gasteiger partial charge on any atom is -0.464 e. The molecule has 7 heteroatoms. The number of alkyl halides is 5. The van der Waals surface area contributed by atoms with Crippen molar-refractivity contribution in [3.63, 3.8) is 0 Å². The van der Waals surface area contributed by atoms with E-state index in [4.69, 9.17) is 0 Å². The summed E-state index contributed by atoms with van der Waals surface area (Å²) in [6.45, 7) is 0. The van der Waals surface area contributed by atoms with Crippen LogP contribution >= 0.6 is 0 Å². The minimum absolute atomic E-state index is 0.478. The predicted octanol–water partition coefficient (Wildman–Crippen LogP) is 2.97. The molecule has 0 spiro atoms. The molecule has 94 valence electrons. The molecule has 0 radical (unpaired) electrons. The molecule has 0 aliphatic carbocycles. The van der Waals surface area contributed by atoms with Gasteiger partial charge in [-0.1, -0.05) is 12.1 Å². The molecular weight excluding hydrogens is 247 g/mol. The van der Waals surface area contributed by atoms with Gasteiger partial charge < -0.3 is 4.74 Å². The lowest BCUT2D eigenvalue weighted by atomic mass is 10.1. The molecule has 0 heterocycles. The zero-order valence-corrected chi connectivity index (χ0v) is 8.52. The molecule has 0 aliphatic rings. The maximum Gasteiger partial charge on any atom is 0.416 e. The van der Waals surface area contributed by atoms with E-state index in [1.807, 2.05) is 0 Å². The maximum atomic E-state index is 13.2. The average molecular weight is 254 g/mol. The maximum absolute atomic E-state index is 13.2. The molecule has 0 N–H and O–H groups in total. The van der Waals surface area contributed by atoms with E-state index in [0.29, 0.717) is 24.3 Å². The van der Waals surface area contributed by atoms with Gasteiger partial charge in [0, 0.05) is 5.56 Å². The molecule has 0 unspecified atom stereocenters. The van der Waals surface area contributed by atoms with E-state index >= 15 is 0 Å². The first-order valence-corrected chi connectivity index (χ1v) is 4.33. The summed E-state index contributed by atoms with van der Waals surface area (Å²) >= 11 is 0. The predicted molar refractivity (Wildman–Crippen MR) is 47.4 cm³/mol. The summed E-state index contributed by atoms with van der Waals surface area (Å²) in [5.41, 5.74) is -1.92. The molecular formula is C10H7F5O2. The van der Waals surface area contributed by atoms with E-state index in [0.717, 1.165) is 7.11 Å². The van der Waals surface area contributed by atoms with Gasteiger partial charge in [0.05, 0.1) is 12.7 Å². The lowest BCUT2D eigenvalue weighted by Gasteiger charge is -2.14. The van der Waals surface area contributed by atoms with Crippen LogP contribution in [0, 0.1) is 0 Å². The van der Waals surface area contributed by atoms with Gasteiger partial charge in [0.2, 0.25) is 0 Å². The van der Waals surface area contributed by atoms with Gasteiger partial charge in [-0.15, -0.1) is 0 Å². The van der Waals surface area contributed by atoms with Crippen LogP contribution in [-0.2, 0) is 21.6 Å². The van der Waals surface area contributed by atoms with Gasteiger partial charge >= 0.3 is 18.1 Å². The Morgan fingerprint density at radius 1 is 1.00 bits per heavy atom. The van der Waals surface area contributed by atoms with Crippen LogP contribution in [-0.4, -0.2) is 13.1 Å². The third-order valence-electron chi connectivity index (χ3n) is 2.02. The van der Waals surface area contributed by atoms with Crippen molar-refractivity contribution in [2.45, 2.75) is 12.1 Å². The van der Waals surface area contributed by atoms with Crippen molar-refractivity contribution in [2.75, 3.05) is 7.11 Å². The topological polar surface area (TPSA) is 26.3 Å². The highest BCUT2D eigenvalue weighted by Gasteiger charge is 2.42. The molecule has 2 nitrogen and oxygen atoms in total. The Balaban J connectivity index is 3.07. The number of halogens is 5. The van der Waals surface area contributed by atoms with Gasteiger partial charge in [-0.05, 0) is 12.1 Å². The molecule has 0 aromatic heterocycles. The Morgan fingerprint density at radius 3 is 1.76 bits per heavy atom. The van der Waals surface area contributed by atoms with Crippen LogP contribution < -0.4 is 0 Å². The Morgan fingerprint density at radius 2 is 1.41 bits per heavy atom. The molecule has 0 aliphatic heterocycles. The number of carbonyl (C=O) groups excluding carboxylic acids is 1. The number of hydrogen-bond acceptors (Lipinski definition) is 2. The fourth-order valence-electron chi connectivity index (χ4n) is 1.11. The summed E-state index contributed by atoms with van der Waals surface area (Å²) in [5, 5.41) is 0. The molecule has 1 aromatic carbocycles. The van der Waals surface area contributed by atoms with E-state index < -0.39 is 29.2 Å². The van der Waals surface area contributed by atoms with Crippen LogP contribution in [0.15, 0.2) is 24.3 Å². The highest BCUT2D eigenvalue weighted by molar-refractivity contribution is 5.79. The van der Waals surface area contributed by atoms with Crippen molar-refractivity contribution >= 4 is 5.97 Å². The normalized spacial score (nSPS) is 12.4. The van der Waals surface area contributed by atoms with Gasteiger partial charge in [0.25, 0.3) is 0 Å². The summed E-state index contributed by atoms with van der Waals surface area (Å²) in [6.07, 6.45) is -4.61. The number of ether oxygens (including phenoxy) is 1. The second kappa shape index (κ2) is 4.31. The van der Waals surface area contributed by atoms with Crippen molar-refractivity contribution < 1.29 is 31.5 Å². The second-order valence-corrected chi connectivity index (χ2v) is 3.14. The zero-order chi connectivity index (χ0) is 13.3. The third kappa shape index (κ3) is 2.72. The van der Waals surface area contributed by atoms with E-state index in [9.17, 15) is 26.7 Å². The van der Waals surface area contributed by atoms with Gasteiger partial charge in [0.1, 0.15) is 0 Å². The van der Waals surface area contributed by atoms with Crippen LogP contribution in [0.4, 0.5) is 22.0 Å². The molecule has 0 atom stereocenters. The average Bonchev–Trinajstić information content (AvgIpc) is 2.27. The largest absolute Gasteiger partial charge is 0.464 e. The number of rotatable bonds is 2. The number of carbonyl (C=O) groups is 1. The molecule has 0 saturated carbocycles. The van der Waals surface area contributed by atoms with Gasteiger partial charge in [0.15, 0.2) is 0 Å². The highest BCUT2D eigenvalue weighted by Crippen LogP contribution is 2.33. The van der Waals surface area contributed by atoms with Crippen molar-refractivity contribution in [2.24, 2.45) is 0 Å². The van der Waals surface area contributed by atoms with Crippen LogP contribution in [0.1, 0.15) is 11.1 Å². The van der Waals surface area contributed by atoms with Crippen molar-refractivity contribution in [3.05, 3.63) is 35.4 Å². The summed E-state index contributed by atoms with van der Waals surface area (Å²) in [5.74, 6) is -5.78. The molecule has 0 bridgehead atoms. The first kappa shape index (κ1) is 13.4. The molecule has 0 saturated heterocycles. The number of hydrogen-bond donors (Lipinski definition) is 0. The van der Waals surface area contributed by atoms with Crippen molar-refractivity contribution in [3.8, 4) is 0 Å². The second-order valence-electron chi connectivity index (χ2n) is 3.14. The van der Waals surface area contributed by atoms with E-state index in [-0.39, 0.29) is 0 Å². The summed E-state index contributed by atoms with van der Waals surface area (Å²) in [6, 6.07) is 2.04. The molecule has 0 amide bonds. The van der Waals surface area contributed by atoms with Crippen molar-refractivity contribution in [1.82, 2.24) is 0 Å².